The van der Waals surface area contributed by atoms with Crippen LogP contribution in [0.3, 0.4) is 0 Å². The predicted molar refractivity (Wildman–Crippen MR) is 86.3 cm³/mol. The molecule has 2 rings (SSSR count). The topological polar surface area (TPSA) is 47.9 Å². The molecule has 2 fully saturated rings. The van der Waals surface area contributed by atoms with Crippen LogP contribution in [0.15, 0.2) is 4.99 Å². The Kier molecular flexibility index (Phi) is 4.79. The van der Waals surface area contributed by atoms with Crippen molar-refractivity contribution in [1.82, 2.24) is 15.1 Å². The molecule has 1 saturated heterocycles. The van der Waals surface area contributed by atoms with Gasteiger partial charge in [0.25, 0.3) is 0 Å². The molecule has 2 aliphatic rings. The molecule has 1 saturated carbocycles. The molecule has 0 unspecified atom stereocenters. The van der Waals surface area contributed by atoms with Gasteiger partial charge >= 0.3 is 0 Å². The summed E-state index contributed by atoms with van der Waals surface area (Å²) in [5, 5.41) is 3.42. The average Bonchev–Trinajstić information content (AvgIpc) is 3.15. The van der Waals surface area contributed by atoms with Crippen molar-refractivity contribution in [3.63, 3.8) is 0 Å². The summed E-state index contributed by atoms with van der Waals surface area (Å²) in [5.41, 5.74) is -0.169. The second-order valence-electron chi connectivity index (χ2n) is 7.23. The average molecular weight is 294 g/mol. The van der Waals surface area contributed by atoms with Crippen molar-refractivity contribution in [2.45, 2.75) is 58.5 Å². The van der Waals surface area contributed by atoms with Crippen molar-refractivity contribution in [3.8, 4) is 0 Å². The van der Waals surface area contributed by atoms with Crippen LogP contribution >= 0.6 is 0 Å². The molecule has 0 spiro atoms. The Morgan fingerprint density at radius 2 is 2.10 bits per heavy atom. The number of aliphatic imine (C=N–C) groups is 1. The van der Waals surface area contributed by atoms with E-state index in [-0.39, 0.29) is 17.5 Å². The highest BCUT2D eigenvalue weighted by molar-refractivity contribution is 5.88. The van der Waals surface area contributed by atoms with E-state index in [0.717, 1.165) is 25.0 Å². The van der Waals surface area contributed by atoms with E-state index in [4.69, 9.17) is 0 Å². The third kappa shape index (κ3) is 3.89. The van der Waals surface area contributed by atoms with Gasteiger partial charge in [-0.2, -0.15) is 0 Å². The molecule has 1 N–H and O–H groups in total. The quantitative estimate of drug-likeness (QED) is 0.634. The van der Waals surface area contributed by atoms with Gasteiger partial charge in [-0.25, -0.2) is 0 Å². The van der Waals surface area contributed by atoms with Crippen molar-refractivity contribution in [2.75, 3.05) is 26.7 Å². The summed E-state index contributed by atoms with van der Waals surface area (Å²) >= 11 is 0. The maximum atomic E-state index is 12.5. The molecule has 0 bridgehead atoms. The van der Waals surface area contributed by atoms with Gasteiger partial charge in [0, 0.05) is 26.2 Å². The molecule has 0 atom stereocenters. The van der Waals surface area contributed by atoms with Crippen LogP contribution in [0.4, 0.5) is 0 Å². The van der Waals surface area contributed by atoms with E-state index in [2.05, 4.69) is 42.9 Å². The molecule has 0 aromatic heterocycles. The summed E-state index contributed by atoms with van der Waals surface area (Å²) in [6, 6.07) is 0.236. The highest BCUT2D eigenvalue weighted by atomic mass is 16.2. The van der Waals surface area contributed by atoms with E-state index in [0.29, 0.717) is 6.54 Å². The summed E-state index contributed by atoms with van der Waals surface area (Å²) in [4.78, 5) is 20.9. The molecular formula is C16H30N4O. The van der Waals surface area contributed by atoms with Gasteiger partial charge in [0.05, 0.1) is 12.1 Å². The molecular weight excluding hydrogens is 264 g/mol. The first-order valence-corrected chi connectivity index (χ1v) is 8.13. The van der Waals surface area contributed by atoms with Gasteiger partial charge in [0.1, 0.15) is 0 Å². The summed E-state index contributed by atoms with van der Waals surface area (Å²) in [6.07, 6.45) is 3.96. The Hall–Kier alpha value is -1.26. The Morgan fingerprint density at radius 3 is 2.57 bits per heavy atom. The van der Waals surface area contributed by atoms with E-state index < -0.39 is 0 Å². The first-order valence-electron chi connectivity index (χ1n) is 8.13. The van der Waals surface area contributed by atoms with E-state index >= 15 is 0 Å². The lowest BCUT2D eigenvalue weighted by molar-refractivity contribution is -0.145. The SMILES string of the molecule is CN=C(NCCC1CC1)N1CC(=O)N(C(C)C)C(C)(C)C1. The lowest BCUT2D eigenvalue weighted by Gasteiger charge is -2.49. The first-order chi connectivity index (χ1) is 9.85. The van der Waals surface area contributed by atoms with Gasteiger partial charge in [0.2, 0.25) is 5.91 Å². The summed E-state index contributed by atoms with van der Waals surface area (Å²) in [5.74, 6) is 1.96. The van der Waals surface area contributed by atoms with E-state index in [1.807, 2.05) is 4.90 Å². The maximum Gasteiger partial charge on any atom is 0.242 e. The fourth-order valence-electron chi connectivity index (χ4n) is 3.44. The van der Waals surface area contributed by atoms with Gasteiger partial charge in [0.15, 0.2) is 5.96 Å². The largest absolute Gasteiger partial charge is 0.356 e. The van der Waals surface area contributed by atoms with Crippen molar-refractivity contribution in [1.29, 1.82) is 0 Å². The minimum absolute atomic E-state index is 0.169. The number of hydrogen-bond acceptors (Lipinski definition) is 2. The summed E-state index contributed by atoms with van der Waals surface area (Å²) in [6.45, 7) is 10.6. The molecule has 0 radical (unpaired) electrons. The van der Waals surface area contributed by atoms with E-state index in [1.54, 1.807) is 7.05 Å². The van der Waals surface area contributed by atoms with Crippen LogP contribution in [-0.2, 0) is 4.79 Å². The van der Waals surface area contributed by atoms with Crippen LogP contribution in [0.1, 0.15) is 47.0 Å². The number of nitrogens with zero attached hydrogens (tertiary/aromatic N) is 3. The van der Waals surface area contributed by atoms with Crippen LogP contribution in [0.5, 0.6) is 0 Å². The fourth-order valence-corrected chi connectivity index (χ4v) is 3.44. The minimum Gasteiger partial charge on any atom is -0.356 e. The third-order valence-electron chi connectivity index (χ3n) is 4.39. The number of hydrogen-bond donors (Lipinski definition) is 1. The lowest BCUT2D eigenvalue weighted by atomic mass is 9.96. The Labute approximate surface area is 128 Å². The minimum atomic E-state index is -0.169. The highest BCUT2D eigenvalue weighted by Crippen LogP contribution is 2.31. The zero-order valence-electron chi connectivity index (χ0n) is 14.1. The standard InChI is InChI=1S/C16H30N4O/c1-12(2)20-14(21)10-19(11-16(20,3)4)15(17-5)18-9-8-13-6-7-13/h12-13H,6-11H2,1-5H3,(H,17,18). The molecule has 5 nitrogen and oxygen atoms in total. The summed E-state index contributed by atoms with van der Waals surface area (Å²) in [7, 11) is 1.80. The van der Waals surface area contributed by atoms with Crippen LogP contribution in [0.25, 0.3) is 0 Å². The second kappa shape index (κ2) is 6.24. The molecule has 1 aliphatic heterocycles. The van der Waals surface area contributed by atoms with Crippen molar-refractivity contribution in [2.24, 2.45) is 10.9 Å². The van der Waals surface area contributed by atoms with Crippen LogP contribution < -0.4 is 5.32 Å². The molecule has 1 heterocycles. The van der Waals surface area contributed by atoms with Crippen LogP contribution in [0.2, 0.25) is 0 Å². The van der Waals surface area contributed by atoms with Gasteiger partial charge in [-0.1, -0.05) is 12.8 Å². The molecule has 21 heavy (non-hydrogen) atoms. The highest BCUT2D eigenvalue weighted by Gasteiger charge is 2.40. The Bertz CT molecular complexity index is 413. The number of piperazine rings is 1. The zero-order valence-corrected chi connectivity index (χ0v) is 14.1. The monoisotopic (exact) mass is 294 g/mol. The van der Waals surface area contributed by atoms with Crippen LogP contribution in [0, 0.1) is 5.92 Å². The van der Waals surface area contributed by atoms with Crippen molar-refractivity contribution >= 4 is 11.9 Å². The first kappa shape index (κ1) is 16.1. The number of rotatable bonds is 4. The zero-order chi connectivity index (χ0) is 15.6. The molecule has 120 valence electrons. The summed E-state index contributed by atoms with van der Waals surface area (Å²) < 4.78 is 0. The fraction of sp³-hybridized carbons (Fsp3) is 0.875. The molecule has 5 heteroatoms. The molecule has 1 aliphatic carbocycles. The second-order valence-corrected chi connectivity index (χ2v) is 7.23. The number of guanidine groups is 1. The normalized spacial score (nSPS) is 23.0. The number of carbonyl (C=O) groups is 1. The van der Waals surface area contributed by atoms with E-state index in [9.17, 15) is 4.79 Å². The maximum absolute atomic E-state index is 12.5. The lowest BCUT2D eigenvalue weighted by Crippen LogP contribution is -2.66. The number of amides is 1. The predicted octanol–water partition coefficient (Wildman–Crippen LogP) is 1.69. The van der Waals surface area contributed by atoms with Crippen LogP contribution in [-0.4, -0.2) is 59.9 Å². The van der Waals surface area contributed by atoms with Gasteiger partial charge in [-0.05, 0) is 40.0 Å². The van der Waals surface area contributed by atoms with E-state index in [1.165, 1.54) is 19.3 Å². The Balaban J connectivity index is 1.97. The van der Waals surface area contributed by atoms with Crippen molar-refractivity contribution in [3.05, 3.63) is 0 Å². The Morgan fingerprint density at radius 1 is 1.43 bits per heavy atom. The number of carbonyl (C=O) groups excluding carboxylic acids is 1. The smallest absolute Gasteiger partial charge is 0.242 e. The van der Waals surface area contributed by atoms with Gasteiger partial charge in [-0.15, -0.1) is 0 Å². The number of nitrogens with one attached hydrogen (secondary N) is 1. The third-order valence-corrected chi connectivity index (χ3v) is 4.39. The van der Waals surface area contributed by atoms with Gasteiger partial charge in [-0.3, -0.25) is 9.79 Å². The molecule has 1 amide bonds. The molecule has 0 aromatic carbocycles. The van der Waals surface area contributed by atoms with Crippen molar-refractivity contribution < 1.29 is 4.79 Å². The molecule has 0 aromatic rings. The van der Waals surface area contributed by atoms with Gasteiger partial charge < -0.3 is 15.1 Å².